The van der Waals surface area contributed by atoms with E-state index < -0.39 is 29.4 Å². The molecule has 3 aromatic heterocycles. The fourth-order valence-corrected chi connectivity index (χ4v) is 4.08. The smallest absolute Gasteiger partial charge is 0.355 e. The van der Waals surface area contributed by atoms with E-state index in [9.17, 15) is 18.0 Å². The topological polar surface area (TPSA) is 131 Å². The van der Waals surface area contributed by atoms with Crippen LogP contribution in [0.3, 0.4) is 0 Å². The molecule has 4 heterocycles. The Balaban J connectivity index is 1.52. The molecule has 1 unspecified atom stereocenters. The Morgan fingerprint density at radius 3 is 2.67 bits per heavy atom. The molecule has 11 nitrogen and oxygen atoms in total. The van der Waals surface area contributed by atoms with Crippen LogP contribution in [0.1, 0.15) is 50.6 Å². The number of carbonyl (C=O) groups is 1. The summed E-state index contributed by atoms with van der Waals surface area (Å²) in [6.07, 6.45) is 2.66. The molecule has 0 spiro atoms. The van der Waals surface area contributed by atoms with E-state index in [1.807, 2.05) is 0 Å². The highest BCUT2D eigenvalue weighted by molar-refractivity contribution is 5.82. The Morgan fingerprint density at radius 2 is 2.03 bits per heavy atom. The van der Waals surface area contributed by atoms with Gasteiger partial charge in [0, 0.05) is 19.9 Å². The summed E-state index contributed by atoms with van der Waals surface area (Å²) >= 11 is 0. The molecule has 0 bridgehead atoms. The zero-order valence-corrected chi connectivity index (χ0v) is 20.4. The lowest BCUT2D eigenvalue weighted by molar-refractivity contribution is -0.141. The zero-order valence-electron chi connectivity index (χ0n) is 20.4. The van der Waals surface area contributed by atoms with Crippen LogP contribution in [0.2, 0.25) is 0 Å². The zero-order chi connectivity index (χ0) is 26.1. The summed E-state index contributed by atoms with van der Waals surface area (Å²) in [5.41, 5.74) is 5.18. The van der Waals surface area contributed by atoms with Crippen LogP contribution in [0.4, 0.5) is 13.2 Å². The summed E-state index contributed by atoms with van der Waals surface area (Å²) in [6.45, 7) is 3.89. The predicted octanol–water partition coefficient (Wildman–Crippen LogP) is 2.06. The highest BCUT2D eigenvalue weighted by Crippen LogP contribution is 2.32. The maximum atomic E-state index is 13.5. The van der Waals surface area contributed by atoms with Gasteiger partial charge in [-0.2, -0.15) is 33.3 Å². The molecule has 1 aliphatic heterocycles. The third kappa shape index (κ3) is 6.10. The van der Waals surface area contributed by atoms with E-state index in [4.69, 9.17) is 10.5 Å². The first-order valence-corrected chi connectivity index (χ1v) is 11.7. The van der Waals surface area contributed by atoms with Gasteiger partial charge in [0.25, 0.3) is 0 Å². The van der Waals surface area contributed by atoms with Crippen molar-refractivity contribution >= 4 is 5.91 Å². The van der Waals surface area contributed by atoms with Gasteiger partial charge in [-0.25, -0.2) is 0 Å². The number of carbonyl (C=O) groups excluding carboxylic acids is 1. The maximum absolute atomic E-state index is 13.5. The number of nitrogens with zero attached hydrogens (tertiary/aromatic N) is 7. The van der Waals surface area contributed by atoms with Gasteiger partial charge in [0.1, 0.15) is 5.69 Å². The molecular formula is C22H30F3N9O2. The van der Waals surface area contributed by atoms with Crippen molar-refractivity contribution < 1.29 is 22.7 Å². The third-order valence-electron chi connectivity index (χ3n) is 5.81. The Kier molecular flexibility index (Phi) is 7.18. The molecule has 36 heavy (non-hydrogen) atoms. The number of nitrogens with two attached hydrogens (primary N) is 1. The second-order valence-corrected chi connectivity index (χ2v) is 9.65. The second kappa shape index (κ2) is 10.0. The van der Waals surface area contributed by atoms with Gasteiger partial charge in [-0.05, 0) is 51.2 Å². The standard InChI is InChI=1S/C22H30F3N9O2/c1-21(2,29-20(35)15(26)8-14-10-27-32(3)12-14)13-33-17(9-18(31-33)22(23,24)25)16-11-28-34(30-16)19-6-4-5-7-36-19/h9-12,15,19H,4-8,13,26H2,1-3H3,(H,29,35)/t15-,19?/m1/s1. The Hall–Kier alpha value is -3.26. The summed E-state index contributed by atoms with van der Waals surface area (Å²) in [6, 6.07) is 0.0777. The first-order chi connectivity index (χ1) is 16.9. The number of alkyl halides is 3. The fourth-order valence-electron chi connectivity index (χ4n) is 4.08. The van der Waals surface area contributed by atoms with Gasteiger partial charge >= 0.3 is 6.18 Å². The summed E-state index contributed by atoms with van der Waals surface area (Å²) in [5.74, 6) is -0.436. The average Bonchev–Trinajstić information content (AvgIpc) is 3.53. The number of amides is 1. The van der Waals surface area contributed by atoms with E-state index in [1.54, 1.807) is 38.0 Å². The van der Waals surface area contributed by atoms with Gasteiger partial charge in [0.15, 0.2) is 11.9 Å². The van der Waals surface area contributed by atoms with E-state index >= 15 is 0 Å². The Bertz CT molecular complexity index is 1190. The molecule has 0 aliphatic carbocycles. The highest BCUT2D eigenvalue weighted by Gasteiger charge is 2.36. The average molecular weight is 510 g/mol. The minimum absolute atomic E-state index is 0.0590. The summed E-state index contributed by atoms with van der Waals surface area (Å²) in [7, 11) is 1.76. The highest BCUT2D eigenvalue weighted by atomic mass is 19.4. The molecule has 0 aromatic carbocycles. The number of nitrogens with one attached hydrogen (secondary N) is 1. The summed E-state index contributed by atoms with van der Waals surface area (Å²) < 4.78 is 49.0. The fraction of sp³-hybridized carbons (Fsp3) is 0.591. The van der Waals surface area contributed by atoms with Gasteiger partial charge in [0.05, 0.1) is 36.2 Å². The Labute approximate surface area is 205 Å². The van der Waals surface area contributed by atoms with Crippen LogP contribution in [-0.2, 0) is 35.7 Å². The number of aromatic nitrogens is 7. The molecule has 1 aliphatic rings. The van der Waals surface area contributed by atoms with Crippen LogP contribution in [0, 0.1) is 0 Å². The summed E-state index contributed by atoms with van der Waals surface area (Å²) in [5, 5.41) is 19.2. The molecular weight excluding hydrogens is 479 g/mol. The molecule has 3 N–H and O–H groups in total. The monoisotopic (exact) mass is 509 g/mol. The number of aryl methyl sites for hydroxylation is 1. The molecule has 1 fully saturated rings. The largest absolute Gasteiger partial charge is 0.435 e. The van der Waals surface area contributed by atoms with E-state index in [0.29, 0.717) is 6.61 Å². The van der Waals surface area contributed by atoms with Crippen molar-refractivity contribution in [3.8, 4) is 11.4 Å². The number of ether oxygens (including phenoxy) is 1. The van der Waals surface area contributed by atoms with Gasteiger partial charge in [-0.1, -0.05) is 0 Å². The van der Waals surface area contributed by atoms with Crippen molar-refractivity contribution in [2.24, 2.45) is 12.8 Å². The van der Waals surface area contributed by atoms with Crippen LogP contribution in [0.15, 0.2) is 24.7 Å². The van der Waals surface area contributed by atoms with E-state index in [2.05, 4.69) is 25.7 Å². The maximum Gasteiger partial charge on any atom is 0.435 e. The normalized spacial score (nSPS) is 17.8. The van der Waals surface area contributed by atoms with Gasteiger partial charge in [0.2, 0.25) is 5.91 Å². The predicted molar refractivity (Wildman–Crippen MR) is 122 cm³/mol. The van der Waals surface area contributed by atoms with Crippen molar-refractivity contribution in [1.82, 2.24) is 39.9 Å². The van der Waals surface area contributed by atoms with Crippen LogP contribution >= 0.6 is 0 Å². The van der Waals surface area contributed by atoms with Gasteiger partial charge < -0.3 is 15.8 Å². The first kappa shape index (κ1) is 25.8. The van der Waals surface area contributed by atoms with Crippen LogP contribution in [0.25, 0.3) is 11.4 Å². The molecule has 1 amide bonds. The minimum atomic E-state index is -4.65. The van der Waals surface area contributed by atoms with E-state index in [1.165, 1.54) is 15.7 Å². The molecule has 196 valence electrons. The van der Waals surface area contributed by atoms with Crippen LogP contribution in [0.5, 0.6) is 0 Å². The third-order valence-corrected chi connectivity index (χ3v) is 5.81. The van der Waals surface area contributed by atoms with Crippen molar-refractivity contribution in [1.29, 1.82) is 0 Å². The van der Waals surface area contributed by atoms with Crippen LogP contribution < -0.4 is 11.1 Å². The van der Waals surface area contributed by atoms with Crippen molar-refractivity contribution in [3.05, 3.63) is 35.9 Å². The quantitative estimate of drug-likeness (QED) is 0.475. The van der Waals surface area contributed by atoms with Crippen LogP contribution in [-0.4, -0.2) is 58.6 Å². The minimum Gasteiger partial charge on any atom is -0.355 e. The molecule has 1 saturated heterocycles. The molecule has 3 aromatic rings. The van der Waals surface area contributed by atoms with E-state index in [0.717, 1.165) is 30.9 Å². The molecule has 0 radical (unpaired) electrons. The lowest BCUT2D eigenvalue weighted by Crippen LogP contribution is -2.53. The SMILES string of the molecule is Cn1cc(C[C@@H](N)C(=O)NC(C)(C)Cn2nc(C(F)(F)F)cc2-c2cnn(C3CCCCO3)n2)cn1. The second-order valence-electron chi connectivity index (χ2n) is 9.65. The van der Waals surface area contributed by atoms with Crippen molar-refractivity contribution in [2.45, 2.75) is 70.1 Å². The van der Waals surface area contributed by atoms with Gasteiger partial charge in [-0.15, -0.1) is 5.10 Å². The lowest BCUT2D eigenvalue weighted by Gasteiger charge is -2.28. The number of halogens is 3. The lowest BCUT2D eigenvalue weighted by atomic mass is 10.0. The Morgan fingerprint density at radius 1 is 1.25 bits per heavy atom. The first-order valence-electron chi connectivity index (χ1n) is 11.7. The number of rotatable bonds is 8. The molecule has 0 saturated carbocycles. The number of hydrogen-bond acceptors (Lipinski definition) is 7. The molecule has 14 heteroatoms. The van der Waals surface area contributed by atoms with E-state index in [-0.39, 0.29) is 30.6 Å². The number of hydrogen-bond donors (Lipinski definition) is 2. The van der Waals surface area contributed by atoms with Crippen molar-refractivity contribution in [2.75, 3.05) is 6.61 Å². The van der Waals surface area contributed by atoms with Gasteiger partial charge in [-0.3, -0.25) is 14.2 Å². The summed E-state index contributed by atoms with van der Waals surface area (Å²) in [4.78, 5) is 14.1. The molecule has 4 rings (SSSR count). The molecule has 2 atom stereocenters. The van der Waals surface area contributed by atoms with Crippen molar-refractivity contribution in [3.63, 3.8) is 0 Å².